The van der Waals surface area contributed by atoms with Crippen LogP contribution in [-0.2, 0) is 11.3 Å². The zero-order valence-corrected chi connectivity index (χ0v) is 13.9. The lowest BCUT2D eigenvalue weighted by Crippen LogP contribution is -2.28. The lowest BCUT2D eigenvalue weighted by Gasteiger charge is -2.09. The number of para-hydroxylation sites is 1. The minimum absolute atomic E-state index is 0.00817. The summed E-state index contributed by atoms with van der Waals surface area (Å²) < 4.78 is 7.56. The molecule has 0 bridgehead atoms. The Balaban J connectivity index is 1.56. The van der Waals surface area contributed by atoms with Crippen molar-refractivity contribution < 1.29 is 9.53 Å². The first-order valence-electron chi connectivity index (χ1n) is 8.03. The molecule has 0 aliphatic rings. The monoisotopic (exact) mass is 323 g/mol. The molecule has 1 N–H and O–H groups in total. The van der Waals surface area contributed by atoms with Gasteiger partial charge < -0.3 is 14.6 Å². The average Bonchev–Trinajstić information content (AvgIpc) is 3.02. The van der Waals surface area contributed by atoms with Gasteiger partial charge in [-0.1, -0.05) is 24.3 Å². The number of imidazole rings is 1. The predicted molar refractivity (Wildman–Crippen MR) is 93.9 cm³/mol. The number of nitrogens with zero attached hydrogens (tertiary/aromatic N) is 2. The largest absolute Gasteiger partial charge is 0.484 e. The molecule has 0 atom stereocenters. The van der Waals surface area contributed by atoms with Crippen molar-refractivity contribution >= 4 is 16.9 Å². The van der Waals surface area contributed by atoms with Gasteiger partial charge in [0.25, 0.3) is 5.91 Å². The van der Waals surface area contributed by atoms with Crippen molar-refractivity contribution in [3.63, 3.8) is 0 Å². The van der Waals surface area contributed by atoms with Crippen LogP contribution in [0.25, 0.3) is 11.0 Å². The van der Waals surface area contributed by atoms with Crippen LogP contribution in [0.1, 0.15) is 25.5 Å². The Morgan fingerprint density at radius 3 is 2.75 bits per heavy atom. The Labute approximate surface area is 141 Å². The Hall–Kier alpha value is -2.82. The van der Waals surface area contributed by atoms with E-state index in [1.54, 1.807) is 0 Å². The van der Waals surface area contributed by atoms with Gasteiger partial charge in [0.2, 0.25) is 0 Å². The second kappa shape index (κ2) is 7.17. The van der Waals surface area contributed by atoms with Gasteiger partial charge in [-0.3, -0.25) is 4.79 Å². The molecule has 0 spiro atoms. The summed E-state index contributed by atoms with van der Waals surface area (Å²) in [5, 5.41) is 2.86. The number of fused-ring (bicyclic) bond motifs is 1. The van der Waals surface area contributed by atoms with Gasteiger partial charge in [0.05, 0.1) is 17.4 Å². The van der Waals surface area contributed by atoms with E-state index in [0.29, 0.717) is 18.3 Å². The lowest BCUT2D eigenvalue weighted by molar-refractivity contribution is -0.123. The first kappa shape index (κ1) is 16.1. The van der Waals surface area contributed by atoms with Crippen molar-refractivity contribution in [1.29, 1.82) is 0 Å². The van der Waals surface area contributed by atoms with E-state index in [9.17, 15) is 4.79 Å². The molecule has 5 nitrogen and oxygen atoms in total. The van der Waals surface area contributed by atoms with Crippen LogP contribution in [0.4, 0.5) is 0 Å². The number of aromatic nitrogens is 2. The molecule has 24 heavy (non-hydrogen) atoms. The molecule has 0 fully saturated rings. The minimum atomic E-state index is -0.147. The quantitative estimate of drug-likeness (QED) is 0.757. The molecule has 0 aliphatic heterocycles. The number of hydrogen-bond acceptors (Lipinski definition) is 3. The second-order valence-electron chi connectivity index (χ2n) is 5.95. The van der Waals surface area contributed by atoms with Crippen LogP contribution in [-0.4, -0.2) is 22.1 Å². The molecule has 1 amide bonds. The van der Waals surface area contributed by atoms with Crippen molar-refractivity contribution in [2.45, 2.75) is 26.4 Å². The number of amides is 1. The van der Waals surface area contributed by atoms with Crippen LogP contribution in [0.2, 0.25) is 0 Å². The van der Waals surface area contributed by atoms with Gasteiger partial charge in [-0.2, -0.15) is 0 Å². The summed E-state index contributed by atoms with van der Waals surface area (Å²) in [6, 6.07) is 15.7. The highest BCUT2D eigenvalue weighted by atomic mass is 16.5. The fourth-order valence-electron chi connectivity index (χ4n) is 2.52. The highest BCUT2D eigenvalue weighted by Crippen LogP contribution is 2.18. The van der Waals surface area contributed by atoms with Gasteiger partial charge in [-0.05, 0) is 43.7 Å². The van der Waals surface area contributed by atoms with Gasteiger partial charge >= 0.3 is 0 Å². The van der Waals surface area contributed by atoms with E-state index in [-0.39, 0.29) is 12.5 Å². The van der Waals surface area contributed by atoms with Crippen LogP contribution in [0, 0.1) is 0 Å². The fraction of sp³-hybridized carbons (Fsp3) is 0.263. The van der Waals surface area contributed by atoms with Crippen molar-refractivity contribution in [2.75, 3.05) is 6.61 Å². The maximum absolute atomic E-state index is 11.9. The first-order valence-corrected chi connectivity index (χ1v) is 8.03. The Morgan fingerprint density at radius 2 is 2.00 bits per heavy atom. The number of carbonyl (C=O) groups is 1. The lowest BCUT2D eigenvalue weighted by atomic mass is 10.2. The summed E-state index contributed by atoms with van der Waals surface area (Å²) in [5.41, 5.74) is 3.06. The van der Waals surface area contributed by atoms with Crippen molar-refractivity contribution in [2.24, 2.45) is 0 Å². The van der Waals surface area contributed by atoms with Gasteiger partial charge in [0.15, 0.2) is 6.61 Å². The third-order valence-corrected chi connectivity index (χ3v) is 3.80. The third-order valence-electron chi connectivity index (χ3n) is 3.80. The van der Waals surface area contributed by atoms with Crippen molar-refractivity contribution in [3.8, 4) is 5.75 Å². The molecule has 0 unspecified atom stereocenters. The summed E-state index contributed by atoms with van der Waals surface area (Å²) in [6.45, 7) is 4.72. The Morgan fingerprint density at radius 1 is 1.21 bits per heavy atom. The van der Waals surface area contributed by atoms with Gasteiger partial charge in [0, 0.05) is 12.6 Å². The van der Waals surface area contributed by atoms with Crippen LogP contribution in [0.15, 0.2) is 54.9 Å². The fourth-order valence-corrected chi connectivity index (χ4v) is 2.52. The van der Waals surface area contributed by atoms with E-state index < -0.39 is 0 Å². The molecule has 1 aromatic heterocycles. The summed E-state index contributed by atoms with van der Waals surface area (Å²) in [7, 11) is 0. The molecular formula is C19H21N3O2. The molecule has 3 aromatic rings. The predicted octanol–water partition coefficient (Wildman–Crippen LogP) is 3.31. The number of nitrogens with one attached hydrogen (secondary N) is 1. The van der Waals surface area contributed by atoms with E-state index in [0.717, 1.165) is 16.6 Å². The SMILES string of the molecule is CC(C)n1cnc2cc(CNC(=O)COc3ccccc3)ccc21. The second-order valence-corrected chi connectivity index (χ2v) is 5.95. The van der Waals surface area contributed by atoms with E-state index in [2.05, 4.69) is 28.7 Å². The number of hydrogen-bond donors (Lipinski definition) is 1. The number of carbonyl (C=O) groups excluding carboxylic acids is 1. The first-order chi connectivity index (χ1) is 11.6. The van der Waals surface area contributed by atoms with Crippen LogP contribution < -0.4 is 10.1 Å². The molecule has 0 radical (unpaired) electrons. The van der Waals surface area contributed by atoms with Crippen LogP contribution >= 0.6 is 0 Å². The van der Waals surface area contributed by atoms with Gasteiger partial charge in [-0.15, -0.1) is 0 Å². The van der Waals surface area contributed by atoms with Crippen molar-refractivity contribution in [3.05, 3.63) is 60.4 Å². The molecule has 124 valence electrons. The summed E-state index contributed by atoms with van der Waals surface area (Å²) in [5.74, 6) is 0.542. The molecular weight excluding hydrogens is 302 g/mol. The van der Waals surface area contributed by atoms with Gasteiger partial charge in [0.1, 0.15) is 5.75 Å². The molecule has 5 heteroatoms. The Bertz CT molecular complexity index is 825. The smallest absolute Gasteiger partial charge is 0.258 e. The highest BCUT2D eigenvalue weighted by molar-refractivity contribution is 5.78. The molecule has 3 rings (SSSR count). The minimum Gasteiger partial charge on any atom is -0.484 e. The van der Waals surface area contributed by atoms with Crippen LogP contribution in [0.3, 0.4) is 0 Å². The zero-order chi connectivity index (χ0) is 16.9. The zero-order valence-electron chi connectivity index (χ0n) is 13.9. The summed E-state index contributed by atoms with van der Waals surface area (Å²) in [4.78, 5) is 16.3. The third kappa shape index (κ3) is 3.74. The summed E-state index contributed by atoms with van der Waals surface area (Å²) in [6.07, 6.45) is 1.85. The highest BCUT2D eigenvalue weighted by Gasteiger charge is 2.07. The maximum Gasteiger partial charge on any atom is 0.258 e. The molecule has 0 saturated heterocycles. The molecule has 1 heterocycles. The standard InChI is InChI=1S/C19H21N3O2/c1-14(2)22-13-21-17-10-15(8-9-18(17)22)11-20-19(23)12-24-16-6-4-3-5-7-16/h3-10,13-14H,11-12H2,1-2H3,(H,20,23). The molecule has 2 aromatic carbocycles. The van der Waals surface area contributed by atoms with Crippen LogP contribution in [0.5, 0.6) is 5.75 Å². The number of rotatable bonds is 6. The summed E-state index contributed by atoms with van der Waals surface area (Å²) >= 11 is 0. The van der Waals surface area contributed by atoms with E-state index in [1.165, 1.54) is 0 Å². The molecule has 0 aliphatic carbocycles. The number of ether oxygens (including phenoxy) is 1. The van der Waals surface area contributed by atoms with Gasteiger partial charge in [-0.25, -0.2) is 4.98 Å². The van der Waals surface area contributed by atoms with E-state index in [1.807, 2.05) is 54.9 Å². The Kier molecular flexibility index (Phi) is 4.79. The normalized spacial score (nSPS) is 11.0. The molecule has 0 saturated carbocycles. The maximum atomic E-state index is 11.9. The average molecular weight is 323 g/mol. The van der Waals surface area contributed by atoms with Crippen molar-refractivity contribution in [1.82, 2.24) is 14.9 Å². The topological polar surface area (TPSA) is 56.2 Å². The van der Waals surface area contributed by atoms with E-state index in [4.69, 9.17) is 4.74 Å². The van der Waals surface area contributed by atoms with E-state index >= 15 is 0 Å². The number of benzene rings is 2.